The van der Waals surface area contributed by atoms with Crippen LogP contribution in [0.25, 0.3) is 0 Å². The number of carbonyl (C=O) groups is 1. The highest BCUT2D eigenvalue weighted by Crippen LogP contribution is 2.34. The Hall–Kier alpha value is -3.16. The van der Waals surface area contributed by atoms with Gasteiger partial charge in [-0.2, -0.15) is 4.31 Å². The lowest BCUT2D eigenvalue weighted by Crippen LogP contribution is -2.35. The average molecular weight is 480 g/mol. The minimum Gasteiger partial charge on any atom is -0.488 e. The number of fused-ring (bicyclic) bond motifs is 1. The molecule has 7 heteroatoms. The highest BCUT2D eigenvalue weighted by atomic mass is 32.2. The van der Waals surface area contributed by atoms with Crippen molar-refractivity contribution < 1.29 is 23.1 Å². The first kappa shape index (κ1) is 24.0. The maximum atomic E-state index is 13.5. The number of aliphatic carboxylic acids is 1. The first-order chi connectivity index (χ1) is 16.1. The molecule has 6 nitrogen and oxygen atoms in total. The summed E-state index contributed by atoms with van der Waals surface area (Å²) in [5.41, 5.74) is 4.66. The van der Waals surface area contributed by atoms with E-state index in [4.69, 9.17) is 4.74 Å². The van der Waals surface area contributed by atoms with Crippen molar-refractivity contribution in [3.05, 3.63) is 94.5 Å². The van der Waals surface area contributed by atoms with Crippen molar-refractivity contribution in [3.63, 3.8) is 0 Å². The van der Waals surface area contributed by atoms with Gasteiger partial charge in [0.25, 0.3) is 0 Å². The average Bonchev–Trinajstić information content (AvgIpc) is 2.88. The standard InChI is InChI=1S/C27H29NO5S/c1-18-8-11-21(12-9-18)24(15-27(29)30)22-13-10-19(2)23(14-22)17-28-16-20(3)33-25-6-4-5-7-26(25)34(28,31)32/h4-14,20,24H,15-17H2,1-3H3,(H,29,30)/t20-,24?/m1/s1. The lowest BCUT2D eigenvalue weighted by molar-refractivity contribution is -0.137. The molecule has 0 spiro atoms. The molecule has 0 bridgehead atoms. The molecule has 1 unspecified atom stereocenters. The van der Waals surface area contributed by atoms with Crippen LogP contribution in [0, 0.1) is 13.8 Å². The molecule has 1 aliphatic heterocycles. The van der Waals surface area contributed by atoms with Gasteiger partial charge >= 0.3 is 5.97 Å². The fourth-order valence-corrected chi connectivity index (χ4v) is 5.97. The number of hydrogen-bond donors (Lipinski definition) is 1. The number of carboxylic acid groups (broad SMARTS) is 1. The molecule has 0 aromatic heterocycles. The smallest absolute Gasteiger partial charge is 0.304 e. The van der Waals surface area contributed by atoms with Gasteiger partial charge in [-0.1, -0.05) is 60.2 Å². The minimum absolute atomic E-state index is 0.0498. The van der Waals surface area contributed by atoms with Gasteiger partial charge in [-0.05, 0) is 55.2 Å². The van der Waals surface area contributed by atoms with Crippen LogP contribution in [0.5, 0.6) is 5.75 Å². The second-order valence-electron chi connectivity index (χ2n) is 8.92. The Morgan fingerprint density at radius 1 is 1.06 bits per heavy atom. The second kappa shape index (κ2) is 9.60. The van der Waals surface area contributed by atoms with Gasteiger partial charge in [0.2, 0.25) is 10.0 Å². The van der Waals surface area contributed by atoms with Crippen molar-refractivity contribution in [1.82, 2.24) is 4.31 Å². The second-order valence-corrected chi connectivity index (χ2v) is 10.8. The number of nitrogens with zero attached hydrogens (tertiary/aromatic N) is 1. The van der Waals surface area contributed by atoms with Crippen molar-refractivity contribution in [2.24, 2.45) is 0 Å². The van der Waals surface area contributed by atoms with Gasteiger partial charge in [-0.3, -0.25) is 4.79 Å². The van der Waals surface area contributed by atoms with Gasteiger partial charge < -0.3 is 9.84 Å². The Bertz CT molecular complexity index is 1300. The van der Waals surface area contributed by atoms with Gasteiger partial charge in [0, 0.05) is 12.5 Å². The third-order valence-corrected chi connectivity index (χ3v) is 8.09. The largest absolute Gasteiger partial charge is 0.488 e. The molecule has 1 heterocycles. The summed E-state index contributed by atoms with van der Waals surface area (Å²) in [4.78, 5) is 11.8. The topological polar surface area (TPSA) is 83.9 Å². The van der Waals surface area contributed by atoms with E-state index in [1.54, 1.807) is 24.3 Å². The van der Waals surface area contributed by atoms with Crippen molar-refractivity contribution in [1.29, 1.82) is 0 Å². The van der Waals surface area contributed by atoms with E-state index in [2.05, 4.69) is 0 Å². The number of hydrogen-bond acceptors (Lipinski definition) is 4. The maximum absolute atomic E-state index is 13.5. The molecule has 3 aromatic rings. The van der Waals surface area contributed by atoms with Crippen LogP contribution in [0.15, 0.2) is 71.6 Å². The molecule has 34 heavy (non-hydrogen) atoms. The molecule has 1 aliphatic rings. The number of rotatable bonds is 6. The number of benzene rings is 3. The molecule has 178 valence electrons. The zero-order chi connectivity index (χ0) is 24.5. The third-order valence-electron chi connectivity index (χ3n) is 6.24. The predicted octanol–water partition coefficient (Wildman–Crippen LogP) is 4.88. The van der Waals surface area contributed by atoms with Gasteiger partial charge in [0.15, 0.2) is 0 Å². The van der Waals surface area contributed by atoms with E-state index in [9.17, 15) is 18.3 Å². The van der Waals surface area contributed by atoms with Crippen LogP contribution >= 0.6 is 0 Å². The number of ether oxygens (including phenoxy) is 1. The molecule has 3 aromatic carbocycles. The Labute approximate surface area is 200 Å². The molecule has 2 atom stereocenters. The minimum atomic E-state index is -3.76. The van der Waals surface area contributed by atoms with E-state index in [1.807, 2.05) is 63.2 Å². The number of sulfonamides is 1. The highest BCUT2D eigenvalue weighted by Gasteiger charge is 2.33. The van der Waals surface area contributed by atoms with Gasteiger partial charge in [0.1, 0.15) is 16.7 Å². The van der Waals surface area contributed by atoms with Crippen molar-refractivity contribution >= 4 is 16.0 Å². The van der Waals surface area contributed by atoms with Crippen LogP contribution in [0.3, 0.4) is 0 Å². The van der Waals surface area contributed by atoms with E-state index in [1.165, 1.54) is 4.31 Å². The van der Waals surface area contributed by atoms with E-state index in [0.717, 1.165) is 27.8 Å². The first-order valence-electron chi connectivity index (χ1n) is 11.3. The van der Waals surface area contributed by atoms with E-state index >= 15 is 0 Å². The summed E-state index contributed by atoms with van der Waals surface area (Å²) < 4.78 is 34.3. The summed E-state index contributed by atoms with van der Waals surface area (Å²) in [6.45, 7) is 6.18. The fraction of sp³-hybridized carbons (Fsp3) is 0.296. The van der Waals surface area contributed by atoms with Crippen LogP contribution in [0.4, 0.5) is 0 Å². The molecule has 0 fully saturated rings. The molecular formula is C27H29NO5S. The zero-order valence-corrected chi connectivity index (χ0v) is 20.4. The molecule has 0 amide bonds. The quantitative estimate of drug-likeness (QED) is 0.545. The maximum Gasteiger partial charge on any atom is 0.304 e. The molecular weight excluding hydrogens is 450 g/mol. The first-order valence-corrected chi connectivity index (χ1v) is 12.7. The summed E-state index contributed by atoms with van der Waals surface area (Å²) in [5, 5.41) is 9.57. The monoisotopic (exact) mass is 479 g/mol. The van der Waals surface area contributed by atoms with Crippen LogP contribution in [-0.4, -0.2) is 36.4 Å². The van der Waals surface area contributed by atoms with Crippen LogP contribution < -0.4 is 4.74 Å². The van der Waals surface area contributed by atoms with Crippen LogP contribution in [0.1, 0.15) is 47.1 Å². The summed E-state index contributed by atoms with van der Waals surface area (Å²) in [5.74, 6) is -0.851. The van der Waals surface area contributed by atoms with Crippen molar-refractivity contribution in [2.45, 2.75) is 50.7 Å². The van der Waals surface area contributed by atoms with E-state index < -0.39 is 16.0 Å². The SMILES string of the molecule is Cc1ccc(C(CC(=O)O)c2ccc(C)c(CN3C[C@@H](C)Oc4ccccc4S3(=O)=O)c2)cc1. The molecule has 4 rings (SSSR count). The predicted molar refractivity (Wildman–Crippen MR) is 131 cm³/mol. The normalized spacial score (nSPS) is 18.4. The summed E-state index contributed by atoms with van der Waals surface area (Å²) in [7, 11) is -3.76. The van der Waals surface area contributed by atoms with Gasteiger partial charge in [-0.25, -0.2) is 8.42 Å². The molecule has 0 aliphatic carbocycles. The Kier molecular flexibility index (Phi) is 6.77. The molecule has 0 radical (unpaired) electrons. The highest BCUT2D eigenvalue weighted by molar-refractivity contribution is 7.89. The number of para-hydroxylation sites is 1. The lowest BCUT2D eigenvalue weighted by atomic mass is 9.86. The molecule has 0 saturated heterocycles. The van der Waals surface area contributed by atoms with Gasteiger partial charge in [0.05, 0.1) is 13.0 Å². The van der Waals surface area contributed by atoms with Crippen molar-refractivity contribution in [2.75, 3.05) is 6.54 Å². The van der Waals surface area contributed by atoms with Gasteiger partial charge in [-0.15, -0.1) is 0 Å². The number of carboxylic acids is 1. The Morgan fingerprint density at radius 2 is 1.74 bits per heavy atom. The Morgan fingerprint density at radius 3 is 2.44 bits per heavy atom. The third kappa shape index (κ3) is 5.00. The van der Waals surface area contributed by atoms with Crippen molar-refractivity contribution in [3.8, 4) is 5.75 Å². The van der Waals surface area contributed by atoms with Crippen LogP contribution in [0.2, 0.25) is 0 Å². The molecule has 0 saturated carbocycles. The fourth-order valence-electron chi connectivity index (χ4n) is 4.36. The summed E-state index contributed by atoms with van der Waals surface area (Å²) >= 11 is 0. The van der Waals surface area contributed by atoms with Crippen LogP contribution in [-0.2, 0) is 21.4 Å². The van der Waals surface area contributed by atoms with E-state index in [0.29, 0.717) is 5.75 Å². The summed E-state index contributed by atoms with van der Waals surface area (Å²) in [6, 6.07) is 20.4. The summed E-state index contributed by atoms with van der Waals surface area (Å²) in [6.07, 6.45) is -0.361. The number of aryl methyl sites for hydroxylation is 2. The zero-order valence-electron chi connectivity index (χ0n) is 19.6. The molecule has 1 N–H and O–H groups in total. The lowest BCUT2D eigenvalue weighted by Gasteiger charge is -2.24. The Balaban J connectivity index is 1.72. The van der Waals surface area contributed by atoms with E-state index in [-0.39, 0.29) is 36.4 Å².